The fourth-order valence-electron chi connectivity index (χ4n) is 3.23. The Bertz CT molecular complexity index is 1160. The smallest absolute Gasteiger partial charge is 0.243 e. The number of hydrogen-bond donors (Lipinski definition) is 0. The molecule has 1 saturated heterocycles. The summed E-state index contributed by atoms with van der Waals surface area (Å²) in [6.45, 7) is 1.87. The third kappa shape index (κ3) is 4.29. The Morgan fingerprint density at radius 1 is 1.03 bits per heavy atom. The number of methoxy groups -OCH3 is 1. The quantitative estimate of drug-likeness (QED) is 0.528. The third-order valence-electron chi connectivity index (χ3n) is 4.90. The molecule has 10 heteroatoms. The Kier molecular flexibility index (Phi) is 6.22. The molecule has 0 radical (unpaired) electrons. The zero-order chi connectivity index (χ0) is 21.3. The van der Waals surface area contributed by atoms with Gasteiger partial charge < -0.3 is 9.64 Å². The zero-order valence-electron chi connectivity index (χ0n) is 16.1. The fraction of sp³-hybridized carbons (Fsp3) is 0.250. The van der Waals surface area contributed by atoms with Crippen LogP contribution in [-0.4, -0.2) is 51.0 Å². The first-order valence-corrected chi connectivity index (χ1v) is 12.3. The molecule has 0 N–H and O–H groups in total. The van der Waals surface area contributed by atoms with Crippen molar-refractivity contribution in [3.05, 3.63) is 57.9 Å². The summed E-state index contributed by atoms with van der Waals surface area (Å²) in [5.41, 5.74) is 1.86. The van der Waals surface area contributed by atoms with E-state index in [2.05, 4.69) is 4.90 Å². The first kappa shape index (κ1) is 21.4. The van der Waals surface area contributed by atoms with E-state index in [1.807, 2.05) is 29.6 Å². The molecule has 30 heavy (non-hydrogen) atoms. The summed E-state index contributed by atoms with van der Waals surface area (Å²) in [6.07, 6.45) is 0. The predicted octanol–water partition coefficient (Wildman–Crippen LogP) is 4.64. The molecule has 0 unspecified atom stereocenters. The van der Waals surface area contributed by atoms with Crippen molar-refractivity contribution in [2.45, 2.75) is 4.90 Å². The van der Waals surface area contributed by atoms with Crippen LogP contribution in [-0.2, 0) is 10.0 Å². The number of anilines is 1. The molecule has 2 aromatic carbocycles. The number of thiazole rings is 1. The van der Waals surface area contributed by atoms with Crippen LogP contribution in [0.5, 0.6) is 5.75 Å². The number of hydrogen-bond acceptors (Lipinski definition) is 6. The molecule has 0 amide bonds. The number of sulfonamides is 1. The van der Waals surface area contributed by atoms with Gasteiger partial charge in [0, 0.05) is 37.1 Å². The summed E-state index contributed by atoms with van der Waals surface area (Å²) < 4.78 is 32.6. The maximum absolute atomic E-state index is 12.9. The van der Waals surface area contributed by atoms with Gasteiger partial charge in [-0.1, -0.05) is 35.3 Å². The molecule has 1 aromatic heterocycles. The molecule has 6 nitrogen and oxygen atoms in total. The van der Waals surface area contributed by atoms with Crippen molar-refractivity contribution in [1.82, 2.24) is 9.29 Å². The number of rotatable bonds is 5. The van der Waals surface area contributed by atoms with Crippen LogP contribution in [0, 0.1) is 0 Å². The summed E-state index contributed by atoms with van der Waals surface area (Å²) in [4.78, 5) is 6.99. The van der Waals surface area contributed by atoms with Crippen LogP contribution >= 0.6 is 34.5 Å². The van der Waals surface area contributed by atoms with Crippen molar-refractivity contribution in [3.8, 4) is 17.0 Å². The predicted molar refractivity (Wildman–Crippen MR) is 122 cm³/mol. The molecule has 158 valence electrons. The van der Waals surface area contributed by atoms with Gasteiger partial charge in [0.15, 0.2) is 5.13 Å². The van der Waals surface area contributed by atoms with Gasteiger partial charge in [0.25, 0.3) is 0 Å². The fourth-order valence-corrected chi connectivity index (χ4v) is 5.93. The van der Waals surface area contributed by atoms with Crippen molar-refractivity contribution >= 4 is 49.7 Å². The number of halogens is 2. The minimum absolute atomic E-state index is 0.153. The van der Waals surface area contributed by atoms with Crippen molar-refractivity contribution < 1.29 is 13.2 Å². The molecule has 1 aliphatic rings. The molecule has 0 spiro atoms. The van der Waals surface area contributed by atoms with Crippen molar-refractivity contribution in [3.63, 3.8) is 0 Å². The minimum atomic E-state index is -3.62. The van der Waals surface area contributed by atoms with E-state index < -0.39 is 10.0 Å². The molecule has 1 fully saturated rings. The van der Waals surface area contributed by atoms with Gasteiger partial charge in [-0.2, -0.15) is 4.31 Å². The minimum Gasteiger partial charge on any atom is -0.497 e. The third-order valence-corrected chi connectivity index (χ3v) is 8.43. The highest BCUT2D eigenvalue weighted by molar-refractivity contribution is 7.89. The van der Waals surface area contributed by atoms with E-state index in [1.54, 1.807) is 18.4 Å². The first-order chi connectivity index (χ1) is 14.4. The summed E-state index contributed by atoms with van der Waals surface area (Å²) in [7, 11) is -1.98. The summed E-state index contributed by atoms with van der Waals surface area (Å²) in [5, 5.41) is 3.43. The number of aromatic nitrogens is 1. The second-order valence-electron chi connectivity index (χ2n) is 6.71. The zero-order valence-corrected chi connectivity index (χ0v) is 19.2. The van der Waals surface area contributed by atoms with Gasteiger partial charge >= 0.3 is 0 Å². The molecule has 3 aromatic rings. The van der Waals surface area contributed by atoms with E-state index in [9.17, 15) is 8.42 Å². The number of nitrogens with zero attached hydrogens (tertiary/aromatic N) is 3. The van der Waals surface area contributed by atoms with Crippen molar-refractivity contribution in [1.29, 1.82) is 0 Å². The lowest BCUT2D eigenvalue weighted by Gasteiger charge is -2.33. The van der Waals surface area contributed by atoms with Gasteiger partial charge in [-0.15, -0.1) is 11.3 Å². The van der Waals surface area contributed by atoms with Crippen LogP contribution in [0.25, 0.3) is 11.3 Å². The largest absolute Gasteiger partial charge is 0.497 e. The molecule has 0 saturated carbocycles. The maximum Gasteiger partial charge on any atom is 0.243 e. The molecular weight excluding hydrogens is 465 g/mol. The van der Waals surface area contributed by atoms with Gasteiger partial charge in [-0.25, -0.2) is 13.4 Å². The normalized spacial score (nSPS) is 15.4. The van der Waals surface area contributed by atoms with Crippen LogP contribution in [0.15, 0.2) is 52.7 Å². The first-order valence-electron chi connectivity index (χ1n) is 9.18. The van der Waals surface area contributed by atoms with Crippen molar-refractivity contribution in [2.75, 3.05) is 38.2 Å². The molecule has 1 aliphatic heterocycles. The van der Waals surface area contributed by atoms with Crippen LogP contribution in [0.4, 0.5) is 5.13 Å². The number of piperazine rings is 1. The van der Waals surface area contributed by atoms with Gasteiger partial charge in [0.2, 0.25) is 10.0 Å². The van der Waals surface area contributed by atoms with Crippen molar-refractivity contribution in [2.24, 2.45) is 0 Å². The monoisotopic (exact) mass is 483 g/mol. The molecule has 2 heterocycles. The average molecular weight is 484 g/mol. The standard InChI is InChI=1S/C20H19Cl2N3O3S2/c1-28-15-4-2-3-14(11-15)19-13-29-20(23-19)24-7-9-25(10-8-24)30(26,27)16-5-6-17(21)18(22)12-16/h2-6,11-13H,7-10H2,1H3. The summed E-state index contributed by atoms with van der Waals surface area (Å²) >= 11 is 13.4. The topological polar surface area (TPSA) is 62.7 Å². The van der Waals surface area contributed by atoms with E-state index in [0.29, 0.717) is 31.2 Å². The number of benzene rings is 2. The lowest BCUT2D eigenvalue weighted by Crippen LogP contribution is -2.48. The van der Waals surface area contributed by atoms with Gasteiger partial charge in [-0.05, 0) is 30.3 Å². The van der Waals surface area contributed by atoms with E-state index in [-0.39, 0.29) is 9.92 Å². The Morgan fingerprint density at radius 3 is 2.50 bits per heavy atom. The molecule has 0 atom stereocenters. The summed E-state index contributed by atoms with van der Waals surface area (Å²) in [6, 6.07) is 12.1. The van der Waals surface area contributed by atoms with Crippen LogP contribution in [0.2, 0.25) is 10.0 Å². The summed E-state index contributed by atoms with van der Waals surface area (Å²) in [5.74, 6) is 0.781. The van der Waals surface area contributed by atoms with Crippen LogP contribution < -0.4 is 9.64 Å². The Morgan fingerprint density at radius 2 is 1.80 bits per heavy atom. The molecular formula is C20H19Cl2N3O3S2. The Labute approximate surface area is 189 Å². The molecule has 4 rings (SSSR count). The highest BCUT2D eigenvalue weighted by atomic mass is 35.5. The Balaban J connectivity index is 1.46. The second-order valence-corrected chi connectivity index (χ2v) is 10.3. The highest BCUT2D eigenvalue weighted by Crippen LogP contribution is 2.31. The van der Waals surface area contributed by atoms with Gasteiger partial charge in [-0.3, -0.25) is 0 Å². The van der Waals surface area contributed by atoms with Gasteiger partial charge in [0.1, 0.15) is 5.75 Å². The van der Waals surface area contributed by atoms with E-state index >= 15 is 0 Å². The average Bonchev–Trinajstić information content (AvgIpc) is 3.26. The second kappa shape index (κ2) is 8.72. The van der Waals surface area contributed by atoms with Crippen LogP contribution in [0.3, 0.4) is 0 Å². The Hall–Kier alpha value is -1.84. The lowest BCUT2D eigenvalue weighted by molar-refractivity contribution is 0.385. The van der Waals surface area contributed by atoms with E-state index in [4.69, 9.17) is 32.9 Å². The van der Waals surface area contributed by atoms with Gasteiger partial charge in [0.05, 0.1) is 27.7 Å². The SMILES string of the molecule is COc1cccc(-c2csc(N3CCN(S(=O)(=O)c4ccc(Cl)c(Cl)c4)CC3)n2)c1. The molecule has 0 bridgehead atoms. The highest BCUT2D eigenvalue weighted by Gasteiger charge is 2.29. The maximum atomic E-state index is 12.9. The molecule has 0 aliphatic carbocycles. The van der Waals surface area contributed by atoms with Crippen LogP contribution in [0.1, 0.15) is 0 Å². The van der Waals surface area contributed by atoms with E-state index in [0.717, 1.165) is 22.1 Å². The number of ether oxygens (including phenoxy) is 1. The van der Waals surface area contributed by atoms with E-state index in [1.165, 1.54) is 22.5 Å². The lowest BCUT2D eigenvalue weighted by atomic mass is 10.2.